The zero-order valence-electron chi connectivity index (χ0n) is 11.3. The molecule has 3 heterocycles. The van der Waals surface area contributed by atoms with Crippen LogP contribution in [0.2, 0.25) is 0 Å². The molecule has 0 spiro atoms. The molecule has 0 bridgehead atoms. The molecule has 2 aliphatic rings. The second-order valence-corrected chi connectivity index (χ2v) is 5.35. The Morgan fingerprint density at radius 1 is 1.40 bits per heavy atom. The predicted octanol–water partition coefficient (Wildman–Crippen LogP) is 1.62. The summed E-state index contributed by atoms with van der Waals surface area (Å²) >= 11 is 0. The fraction of sp³-hybridized carbons (Fsp3) is 0.571. The number of carbonyl (C=O) groups is 1. The molecule has 6 nitrogen and oxygen atoms in total. The maximum atomic E-state index is 12.1. The molecule has 0 atom stereocenters. The Hall–Kier alpha value is -2.16. The first-order chi connectivity index (χ1) is 9.72. The molecule has 0 radical (unpaired) electrons. The van der Waals surface area contributed by atoms with Crippen LogP contribution in [0.1, 0.15) is 31.7 Å². The average Bonchev–Trinajstić information content (AvgIpc) is 2.97. The van der Waals surface area contributed by atoms with Gasteiger partial charge in [-0.05, 0) is 0 Å². The van der Waals surface area contributed by atoms with Crippen LogP contribution in [0.4, 0.5) is 0 Å². The Labute approximate surface area is 117 Å². The lowest BCUT2D eigenvalue weighted by molar-refractivity contribution is -0.137. The number of likely N-dealkylation sites (tertiary alicyclic amines) is 1. The van der Waals surface area contributed by atoms with Crippen LogP contribution in [0.3, 0.4) is 0 Å². The standard InChI is InChI=1S/C14H17N5O/c1-2-3-5-14(16-17-14)6-4-13(20)19-9-12(10-19)18-8-7-15-11-18/h1,7-8,11-12H,3-6,9-10H2. The first-order valence-electron chi connectivity index (χ1n) is 6.85. The number of carbonyl (C=O) groups excluding carboxylic acids is 1. The van der Waals surface area contributed by atoms with Crippen LogP contribution in [0.15, 0.2) is 28.9 Å². The van der Waals surface area contributed by atoms with Gasteiger partial charge in [0.25, 0.3) is 0 Å². The summed E-state index contributed by atoms with van der Waals surface area (Å²) in [4.78, 5) is 18.0. The van der Waals surface area contributed by atoms with E-state index < -0.39 is 0 Å². The second-order valence-electron chi connectivity index (χ2n) is 5.35. The fourth-order valence-electron chi connectivity index (χ4n) is 2.47. The van der Waals surface area contributed by atoms with Crippen molar-refractivity contribution in [2.45, 2.75) is 37.4 Å². The minimum Gasteiger partial charge on any atom is -0.338 e. The van der Waals surface area contributed by atoms with Gasteiger partial charge >= 0.3 is 0 Å². The maximum absolute atomic E-state index is 12.1. The van der Waals surface area contributed by atoms with E-state index in [-0.39, 0.29) is 11.6 Å². The quantitative estimate of drug-likeness (QED) is 0.738. The van der Waals surface area contributed by atoms with Crippen LogP contribution in [0, 0.1) is 12.3 Å². The third-order valence-corrected chi connectivity index (χ3v) is 3.95. The molecule has 1 fully saturated rings. The zero-order chi connectivity index (χ0) is 14.0. The van der Waals surface area contributed by atoms with Gasteiger partial charge in [0.15, 0.2) is 5.66 Å². The van der Waals surface area contributed by atoms with E-state index in [1.807, 2.05) is 15.7 Å². The second kappa shape index (κ2) is 5.08. The lowest BCUT2D eigenvalue weighted by Crippen LogP contribution is -2.50. The number of imidazole rings is 1. The minimum absolute atomic E-state index is 0.179. The van der Waals surface area contributed by atoms with Crippen molar-refractivity contribution in [3.05, 3.63) is 18.7 Å². The fourth-order valence-corrected chi connectivity index (χ4v) is 2.47. The highest BCUT2D eigenvalue weighted by Gasteiger charge is 2.40. The Balaban J connectivity index is 1.40. The molecule has 1 amide bonds. The monoisotopic (exact) mass is 271 g/mol. The molecule has 3 rings (SSSR count). The minimum atomic E-state index is -0.351. The van der Waals surface area contributed by atoms with Crippen LogP contribution in [-0.4, -0.2) is 39.1 Å². The summed E-state index contributed by atoms with van der Waals surface area (Å²) in [6.45, 7) is 1.53. The highest BCUT2D eigenvalue weighted by molar-refractivity contribution is 5.77. The molecule has 0 saturated carbocycles. The largest absolute Gasteiger partial charge is 0.338 e. The normalized spacial score (nSPS) is 19.4. The van der Waals surface area contributed by atoms with E-state index >= 15 is 0 Å². The number of hydrogen-bond acceptors (Lipinski definition) is 4. The highest BCUT2D eigenvalue weighted by atomic mass is 16.2. The summed E-state index contributed by atoms with van der Waals surface area (Å²) in [6, 6.07) is 0.368. The van der Waals surface area contributed by atoms with Gasteiger partial charge in [0, 0.05) is 51.2 Å². The van der Waals surface area contributed by atoms with Gasteiger partial charge in [0.1, 0.15) is 0 Å². The molecule has 0 N–H and O–H groups in total. The van der Waals surface area contributed by atoms with Gasteiger partial charge < -0.3 is 9.47 Å². The van der Waals surface area contributed by atoms with E-state index in [0.29, 0.717) is 25.3 Å². The number of aromatic nitrogens is 2. The van der Waals surface area contributed by atoms with E-state index in [4.69, 9.17) is 6.42 Å². The van der Waals surface area contributed by atoms with E-state index in [2.05, 4.69) is 21.1 Å². The van der Waals surface area contributed by atoms with Gasteiger partial charge in [0.2, 0.25) is 5.91 Å². The lowest BCUT2D eigenvalue weighted by atomic mass is 10.0. The predicted molar refractivity (Wildman–Crippen MR) is 72.7 cm³/mol. The Morgan fingerprint density at radius 3 is 2.80 bits per heavy atom. The molecule has 1 saturated heterocycles. The van der Waals surface area contributed by atoms with Crippen molar-refractivity contribution in [2.24, 2.45) is 10.2 Å². The number of rotatable bonds is 6. The first kappa shape index (κ1) is 12.9. The Kier molecular flexibility index (Phi) is 3.26. The summed E-state index contributed by atoms with van der Waals surface area (Å²) in [5.74, 6) is 2.77. The smallest absolute Gasteiger partial charge is 0.222 e. The molecule has 0 unspecified atom stereocenters. The van der Waals surface area contributed by atoms with Gasteiger partial charge in [-0.2, -0.15) is 10.2 Å². The third-order valence-electron chi connectivity index (χ3n) is 3.95. The van der Waals surface area contributed by atoms with Gasteiger partial charge in [-0.25, -0.2) is 4.98 Å². The van der Waals surface area contributed by atoms with Crippen LogP contribution in [0.5, 0.6) is 0 Å². The van der Waals surface area contributed by atoms with E-state index in [1.165, 1.54) is 0 Å². The van der Waals surface area contributed by atoms with Gasteiger partial charge in [0.05, 0.1) is 12.4 Å². The molecule has 0 aliphatic carbocycles. The van der Waals surface area contributed by atoms with Crippen LogP contribution in [-0.2, 0) is 4.79 Å². The molecular weight excluding hydrogens is 254 g/mol. The molecule has 104 valence electrons. The van der Waals surface area contributed by atoms with Crippen molar-refractivity contribution < 1.29 is 4.79 Å². The summed E-state index contributed by atoms with van der Waals surface area (Å²) < 4.78 is 2.05. The van der Waals surface area contributed by atoms with Crippen molar-refractivity contribution in [1.82, 2.24) is 14.5 Å². The SMILES string of the molecule is C#CCCC1(CCC(=O)N2CC(n3ccnc3)C2)N=N1. The Morgan fingerprint density at radius 2 is 2.20 bits per heavy atom. The summed E-state index contributed by atoms with van der Waals surface area (Å²) in [5.41, 5.74) is -0.351. The molecule has 1 aromatic rings. The number of terminal acetylenes is 1. The molecule has 6 heteroatoms. The topological polar surface area (TPSA) is 62.9 Å². The van der Waals surface area contributed by atoms with E-state index in [0.717, 1.165) is 19.5 Å². The number of amides is 1. The van der Waals surface area contributed by atoms with Crippen LogP contribution < -0.4 is 0 Å². The molecular formula is C14H17N5O. The molecule has 20 heavy (non-hydrogen) atoms. The van der Waals surface area contributed by atoms with Gasteiger partial charge in [-0.1, -0.05) is 0 Å². The average molecular weight is 271 g/mol. The summed E-state index contributed by atoms with van der Waals surface area (Å²) in [7, 11) is 0. The van der Waals surface area contributed by atoms with E-state index in [1.54, 1.807) is 12.5 Å². The van der Waals surface area contributed by atoms with Crippen molar-refractivity contribution in [2.75, 3.05) is 13.1 Å². The number of nitrogens with zero attached hydrogens (tertiary/aromatic N) is 5. The Bertz CT molecular complexity index is 545. The number of hydrogen-bond donors (Lipinski definition) is 0. The first-order valence-corrected chi connectivity index (χ1v) is 6.85. The van der Waals surface area contributed by atoms with Crippen LogP contribution in [0.25, 0.3) is 0 Å². The highest BCUT2D eigenvalue weighted by Crippen LogP contribution is 2.38. The van der Waals surface area contributed by atoms with Gasteiger partial charge in [-0.3, -0.25) is 4.79 Å². The maximum Gasteiger partial charge on any atom is 0.222 e. The van der Waals surface area contributed by atoms with E-state index in [9.17, 15) is 4.79 Å². The molecule has 2 aliphatic heterocycles. The van der Waals surface area contributed by atoms with Crippen molar-refractivity contribution in [1.29, 1.82) is 0 Å². The van der Waals surface area contributed by atoms with Gasteiger partial charge in [-0.15, -0.1) is 12.3 Å². The summed E-state index contributed by atoms with van der Waals surface area (Å²) in [6.07, 6.45) is 13.3. The van der Waals surface area contributed by atoms with Crippen LogP contribution >= 0.6 is 0 Å². The van der Waals surface area contributed by atoms with Crippen molar-refractivity contribution in [3.8, 4) is 12.3 Å². The third kappa shape index (κ3) is 2.57. The van der Waals surface area contributed by atoms with Crippen molar-refractivity contribution in [3.63, 3.8) is 0 Å². The summed E-state index contributed by atoms with van der Waals surface area (Å²) in [5, 5.41) is 8.10. The van der Waals surface area contributed by atoms with Crippen molar-refractivity contribution >= 4 is 5.91 Å². The lowest BCUT2D eigenvalue weighted by Gasteiger charge is -2.40. The molecule has 0 aromatic carbocycles. The zero-order valence-corrected chi connectivity index (χ0v) is 11.3. The molecule has 1 aromatic heterocycles.